The quantitative estimate of drug-likeness (QED) is 0.574. The predicted molar refractivity (Wildman–Crippen MR) is 93.9 cm³/mol. The minimum absolute atomic E-state index is 0.342. The van der Waals surface area contributed by atoms with Gasteiger partial charge in [0, 0.05) is 26.5 Å². The summed E-state index contributed by atoms with van der Waals surface area (Å²) in [5.74, 6) is 1.30. The van der Waals surface area contributed by atoms with Gasteiger partial charge in [-0.25, -0.2) is 14.5 Å². The van der Waals surface area contributed by atoms with E-state index in [0.717, 1.165) is 0 Å². The highest BCUT2D eigenvalue weighted by Crippen LogP contribution is 2.26. The zero-order chi connectivity index (χ0) is 18.3. The lowest BCUT2D eigenvalue weighted by Gasteiger charge is -2.03. The highest BCUT2D eigenvalue weighted by Gasteiger charge is 2.20. The summed E-state index contributed by atoms with van der Waals surface area (Å²) in [5, 5.41) is 14.3. The molecule has 2 N–H and O–H groups in total. The Kier molecular flexibility index (Phi) is 3.64. The van der Waals surface area contributed by atoms with Crippen molar-refractivity contribution in [1.82, 2.24) is 29.4 Å². The van der Waals surface area contributed by atoms with Gasteiger partial charge in [0.25, 0.3) is 5.91 Å². The lowest BCUT2D eigenvalue weighted by Crippen LogP contribution is -2.12. The van der Waals surface area contributed by atoms with Crippen LogP contribution < -0.4 is 10.6 Å². The molecule has 0 bridgehead atoms. The Bertz CT molecular complexity index is 1110. The molecular formula is C16H16N8O2. The minimum atomic E-state index is -0.349. The van der Waals surface area contributed by atoms with Gasteiger partial charge in [0.2, 0.25) is 5.89 Å². The van der Waals surface area contributed by atoms with E-state index in [2.05, 4.69) is 30.8 Å². The van der Waals surface area contributed by atoms with Gasteiger partial charge in [-0.15, -0.1) is 0 Å². The van der Waals surface area contributed by atoms with Crippen molar-refractivity contribution in [2.45, 2.75) is 6.92 Å². The number of carbonyl (C=O) groups excluding carboxylic acids is 1. The van der Waals surface area contributed by atoms with Crippen molar-refractivity contribution in [3.05, 3.63) is 42.2 Å². The van der Waals surface area contributed by atoms with E-state index in [-0.39, 0.29) is 5.91 Å². The zero-order valence-electron chi connectivity index (χ0n) is 14.4. The van der Waals surface area contributed by atoms with Gasteiger partial charge in [-0.3, -0.25) is 9.48 Å². The molecule has 1 amide bonds. The molecule has 4 aromatic rings. The number of aromatic nitrogens is 6. The maximum absolute atomic E-state index is 12.8. The molecule has 10 nitrogen and oxygen atoms in total. The number of nitrogens with one attached hydrogen (secondary N) is 2. The van der Waals surface area contributed by atoms with Crippen LogP contribution in [0.4, 0.5) is 11.5 Å². The molecule has 4 heterocycles. The van der Waals surface area contributed by atoms with E-state index in [0.29, 0.717) is 40.1 Å². The second kappa shape index (κ2) is 5.99. The molecule has 0 aliphatic rings. The smallest absolute Gasteiger partial charge is 0.261 e. The number of hydrogen-bond donors (Lipinski definition) is 2. The van der Waals surface area contributed by atoms with Gasteiger partial charge in [0.15, 0.2) is 11.3 Å². The van der Waals surface area contributed by atoms with Crippen molar-refractivity contribution in [3.8, 4) is 11.6 Å². The van der Waals surface area contributed by atoms with Gasteiger partial charge in [-0.1, -0.05) is 0 Å². The zero-order valence-corrected chi connectivity index (χ0v) is 14.4. The summed E-state index contributed by atoms with van der Waals surface area (Å²) in [6, 6.07) is 1.77. The number of fused-ring (bicyclic) bond motifs is 1. The SMILES string of the molecule is CNc1ccn2ncc(C(=O)Nc3cn(C)nc3-c3ncc(C)o3)c2n1. The number of hydrogen-bond acceptors (Lipinski definition) is 7. The Labute approximate surface area is 147 Å². The van der Waals surface area contributed by atoms with Crippen molar-refractivity contribution in [1.29, 1.82) is 0 Å². The van der Waals surface area contributed by atoms with E-state index >= 15 is 0 Å². The van der Waals surface area contributed by atoms with Crippen LogP contribution in [-0.2, 0) is 7.05 Å². The van der Waals surface area contributed by atoms with Crippen LogP contribution >= 0.6 is 0 Å². The van der Waals surface area contributed by atoms with Gasteiger partial charge >= 0.3 is 0 Å². The number of carbonyl (C=O) groups is 1. The summed E-state index contributed by atoms with van der Waals surface area (Å²) in [4.78, 5) is 21.3. The number of nitrogens with zero attached hydrogens (tertiary/aromatic N) is 6. The molecule has 0 saturated heterocycles. The van der Waals surface area contributed by atoms with Crippen LogP contribution in [0.2, 0.25) is 0 Å². The molecule has 0 aromatic carbocycles. The standard InChI is InChI=1S/C16H16N8O2/c1-9-6-18-16(26-9)13-11(8-23(3)22-13)20-15(25)10-7-19-24-5-4-12(17-2)21-14(10)24/h4-8H,1-3H3,(H,17,21)(H,20,25). The maximum Gasteiger partial charge on any atom is 0.261 e. The highest BCUT2D eigenvalue weighted by molar-refractivity contribution is 6.09. The lowest BCUT2D eigenvalue weighted by molar-refractivity contribution is 0.102. The average molecular weight is 352 g/mol. The van der Waals surface area contributed by atoms with E-state index < -0.39 is 0 Å². The first kappa shape index (κ1) is 15.8. The topological polar surface area (TPSA) is 115 Å². The molecular weight excluding hydrogens is 336 g/mol. The summed E-state index contributed by atoms with van der Waals surface area (Å²) < 4.78 is 8.64. The Balaban J connectivity index is 1.69. The predicted octanol–water partition coefficient (Wildman–Crippen LogP) is 1.72. The van der Waals surface area contributed by atoms with Crippen molar-refractivity contribution in [2.75, 3.05) is 17.7 Å². The lowest BCUT2D eigenvalue weighted by atomic mass is 10.3. The molecule has 0 unspecified atom stereocenters. The molecule has 0 radical (unpaired) electrons. The van der Waals surface area contributed by atoms with Gasteiger partial charge in [-0.2, -0.15) is 10.2 Å². The molecule has 0 atom stereocenters. The molecule has 26 heavy (non-hydrogen) atoms. The molecule has 0 spiro atoms. The molecule has 0 saturated carbocycles. The largest absolute Gasteiger partial charge is 0.440 e. The van der Waals surface area contributed by atoms with E-state index in [1.165, 1.54) is 10.7 Å². The Hall–Kier alpha value is -3.69. The summed E-state index contributed by atoms with van der Waals surface area (Å²) in [5.41, 5.74) is 1.74. The third-order valence-corrected chi connectivity index (χ3v) is 3.77. The van der Waals surface area contributed by atoms with Gasteiger partial charge in [-0.05, 0) is 13.0 Å². The second-order valence-corrected chi connectivity index (χ2v) is 5.68. The molecule has 10 heteroatoms. The van der Waals surface area contributed by atoms with Crippen LogP contribution in [0.3, 0.4) is 0 Å². The van der Waals surface area contributed by atoms with Crippen molar-refractivity contribution < 1.29 is 9.21 Å². The molecule has 0 fully saturated rings. The number of amides is 1. The third kappa shape index (κ3) is 2.66. The minimum Gasteiger partial charge on any atom is -0.440 e. The van der Waals surface area contributed by atoms with E-state index in [9.17, 15) is 4.79 Å². The number of aryl methyl sites for hydroxylation is 2. The van der Waals surface area contributed by atoms with Crippen LogP contribution in [0.25, 0.3) is 17.2 Å². The van der Waals surface area contributed by atoms with E-state index in [1.54, 1.807) is 50.4 Å². The second-order valence-electron chi connectivity index (χ2n) is 5.68. The number of oxazole rings is 1. The van der Waals surface area contributed by atoms with Gasteiger partial charge < -0.3 is 15.1 Å². The molecule has 0 aliphatic carbocycles. The molecule has 132 valence electrons. The Morgan fingerprint density at radius 1 is 1.31 bits per heavy atom. The number of anilines is 2. The van der Waals surface area contributed by atoms with Crippen molar-refractivity contribution >= 4 is 23.1 Å². The fourth-order valence-corrected chi connectivity index (χ4v) is 2.56. The normalized spacial score (nSPS) is 11.0. The van der Waals surface area contributed by atoms with E-state index in [4.69, 9.17) is 4.42 Å². The van der Waals surface area contributed by atoms with Gasteiger partial charge in [0.05, 0.1) is 18.1 Å². The van der Waals surface area contributed by atoms with Crippen LogP contribution in [0.5, 0.6) is 0 Å². The van der Waals surface area contributed by atoms with Crippen molar-refractivity contribution in [3.63, 3.8) is 0 Å². The first-order valence-electron chi connectivity index (χ1n) is 7.85. The van der Waals surface area contributed by atoms with E-state index in [1.807, 2.05) is 0 Å². The highest BCUT2D eigenvalue weighted by atomic mass is 16.4. The molecule has 4 aromatic heterocycles. The van der Waals surface area contributed by atoms with Crippen molar-refractivity contribution in [2.24, 2.45) is 7.05 Å². The first-order valence-corrected chi connectivity index (χ1v) is 7.85. The molecule has 4 rings (SSSR count). The number of rotatable bonds is 4. The monoisotopic (exact) mass is 352 g/mol. The maximum atomic E-state index is 12.8. The van der Waals surface area contributed by atoms with Crippen LogP contribution in [0.1, 0.15) is 16.1 Å². The van der Waals surface area contributed by atoms with Gasteiger partial charge in [0.1, 0.15) is 17.1 Å². The summed E-state index contributed by atoms with van der Waals surface area (Å²) >= 11 is 0. The first-order chi connectivity index (χ1) is 12.5. The summed E-state index contributed by atoms with van der Waals surface area (Å²) in [7, 11) is 3.51. The average Bonchev–Trinajstić information content (AvgIpc) is 3.32. The fourth-order valence-electron chi connectivity index (χ4n) is 2.56. The Morgan fingerprint density at radius 2 is 2.15 bits per heavy atom. The van der Waals surface area contributed by atoms with Crippen LogP contribution in [0, 0.1) is 6.92 Å². The molecule has 0 aliphatic heterocycles. The third-order valence-electron chi connectivity index (χ3n) is 3.77. The fraction of sp³-hybridized carbons (Fsp3) is 0.188. The van der Waals surface area contributed by atoms with Crippen LogP contribution in [0.15, 0.2) is 35.3 Å². The summed E-state index contributed by atoms with van der Waals surface area (Å²) in [6.07, 6.45) is 6.49. The van der Waals surface area contributed by atoms with Crippen LogP contribution in [-0.4, -0.2) is 42.3 Å². The Morgan fingerprint density at radius 3 is 2.88 bits per heavy atom. The summed E-state index contributed by atoms with van der Waals surface area (Å²) in [6.45, 7) is 1.79.